The molecule has 0 aliphatic rings. The van der Waals surface area contributed by atoms with E-state index in [-0.39, 0.29) is 19.0 Å². The number of aryl methyl sites for hydroxylation is 1. The molecule has 2 aromatic rings. The average Bonchev–Trinajstić information content (AvgIpc) is 2.88. The van der Waals surface area contributed by atoms with E-state index >= 15 is 0 Å². The van der Waals surface area contributed by atoms with Gasteiger partial charge in [-0.25, -0.2) is 0 Å². The van der Waals surface area contributed by atoms with E-state index < -0.39 is 0 Å². The van der Waals surface area contributed by atoms with Gasteiger partial charge in [-0.15, -0.1) is 12.4 Å². The molecule has 1 aromatic carbocycles. The van der Waals surface area contributed by atoms with E-state index in [2.05, 4.69) is 22.0 Å². The first kappa shape index (κ1) is 17.4. The minimum atomic E-state index is 0. The molecular formula is C14H21ClN4O2. The Morgan fingerprint density at radius 3 is 2.62 bits per heavy atom. The Morgan fingerprint density at radius 1 is 1.29 bits per heavy atom. The second-order valence-corrected chi connectivity index (χ2v) is 4.71. The summed E-state index contributed by atoms with van der Waals surface area (Å²) in [6, 6.07) is 8.02. The van der Waals surface area contributed by atoms with Gasteiger partial charge in [0.15, 0.2) is 5.82 Å². The van der Waals surface area contributed by atoms with Crippen molar-refractivity contribution in [2.45, 2.75) is 20.0 Å². The highest BCUT2D eigenvalue weighted by molar-refractivity contribution is 5.85. The molecule has 6 nitrogen and oxygen atoms in total. The number of hydrogen-bond donors (Lipinski definition) is 1. The minimum Gasteiger partial charge on any atom is -0.492 e. The molecule has 0 aliphatic heterocycles. The van der Waals surface area contributed by atoms with Gasteiger partial charge in [-0.2, -0.15) is 4.98 Å². The summed E-state index contributed by atoms with van der Waals surface area (Å²) in [5.41, 5.74) is 6.64. The first-order valence-corrected chi connectivity index (χ1v) is 6.57. The lowest BCUT2D eigenvalue weighted by Crippen LogP contribution is -2.24. The predicted molar refractivity (Wildman–Crippen MR) is 82.4 cm³/mol. The summed E-state index contributed by atoms with van der Waals surface area (Å²) in [6.07, 6.45) is 0. The van der Waals surface area contributed by atoms with Crippen molar-refractivity contribution >= 4 is 12.4 Å². The maximum Gasteiger partial charge on any atom is 0.240 e. The first-order valence-electron chi connectivity index (χ1n) is 6.57. The monoisotopic (exact) mass is 312 g/mol. The van der Waals surface area contributed by atoms with Crippen LogP contribution in [-0.2, 0) is 13.1 Å². The molecule has 7 heteroatoms. The number of likely N-dealkylation sites (N-methyl/N-ethyl adjacent to an activating group) is 1. The summed E-state index contributed by atoms with van der Waals surface area (Å²) in [5, 5.41) is 3.85. The van der Waals surface area contributed by atoms with Crippen molar-refractivity contribution in [2.24, 2.45) is 5.73 Å². The molecule has 0 saturated carbocycles. The fourth-order valence-electron chi connectivity index (χ4n) is 1.71. The normalized spacial score (nSPS) is 10.5. The van der Waals surface area contributed by atoms with Crippen molar-refractivity contribution in [3.8, 4) is 5.75 Å². The Labute approximate surface area is 130 Å². The summed E-state index contributed by atoms with van der Waals surface area (Å²) in [4.78, 5) is 6.23. The zero-order valence-corrected chi connectivity index (χ0v) is 13.1. The van der Waals surface area contributed by atoms with Crippen LogP contribution in [0.1, 0.15) is 17.3 Å². The van der Waals surface area contributed by atoms with Crippen LogP contribution in [0, 0.1) is 6.92 Å². The maximum absolute atomic E-state index is 5.67. The Balaban J connectivity index is 0.00000220. The number of nitrogens with two attached hydrogens (primary N) is 1. The van der Waals surface area contributed by atoms with Crippen molar-refractivity contribution in [1.29, 1.82) is 0 Å². The second-order valence-electron chi connectivity index (χ2n) is 4.71. The lowest BCUT2D eigenvalue weighted by molar-refractivity contribution is 0.227. The van der Waals surface area contributed by atoms with Gasteiger partial charge in [0.1, 0.15) is 12.4 Å². The van der Waals surface area contributed by atoms with Crippen LogP contribution in [-0.4, -0.2) is 35.2 Å². The summed E-state index contributed by atoms with van der Waals surface area (Å²) in [7, 11) is 1.98. The van der Waals surface area contributed by atoms with Crippen LogP contribution in [0.2, 0.25) is 0 Å². The third-order valence-corrected chi connectivity index (χ3v) is 2.86. The molecule has 1 aromatic heterocycles. The maximum atomic E-state index is 5.67. The van der Waals surface area contributed by atoms with E-state index in [9.17, 15) is 0 Å². The van der Waals surface area contributed by atoms with Gasteiger partial charge in [0.2, 0.25) is 5.89 Å². The highest BCUT2D eigenvalue weighted by Crippen LogP contribution is 2.11. The van der Waals surface area contributed by atoms with Crippen LogP contribution in [0.3, 0.4) is 0 Å². The lowest BCUT2D eigenvalue weighted by atomic mass is 10.2. The van der Waals surface area contributed by atoms with Crippen LogP contribution >= 0.6 is 12.4 Å². The van der Waals surface area contributed by atoms with Gasteiger partial charge in [-0.3, -0.25) is 4.90 Å². The van der Waals surface area contributed by atoms with Gasteiger partial charge < -0.3 is 15.0 Å². The van der Waals surface area contributed by atoms with Gasteiger partial charge >= 0.3 is 0 Å². The number of rotatable bonds is 7. The second kappa shape index (κ2) is 8.61. The fraction of sp³-hybridized carbons (Fsp3) is 0.429. The van der Waals surface area contributed by atoms with Crippen LogP contribution in [0.4, 0.5) is 0 Å². The summed E-state index contributed by atoms with van der Waals surface area (Å²) in [6.45, 7) is 4.33. The molecule has 0 bridgehead atoms. The van der Waals surface area contributed by atoms with Gasteiger partial charge in [0.25, 0.3) is 0 Å². The Morgan fingerprint density at radius 2 is 2.00 bits per heavy atom. The molecule has 0 saturated heterocycles. The van der Waals surface area contributed by atoms with Gasteiger partial charge in [0.05, 0.1) is 13.1 Å². The smallest absolute Gasteiger partial charge is 0.240 e. The molecule has 1 heterocycles. The Hall–Kier alpha value is -1.63. The number of halogens is 1. The topological polar surface area (TPSA) is 77.4 Å². The standard InChI is InChI=1S/C14H20N4O2.ClH/c1-11-3-5-12(6-4-11)19-8-7-18(2)10-13-16-14(9-15)20-17-13;/h3-6H,7-10,15H2,1-2H3;1H. The van der Waals surface area contributed by atoms with E-state index in [1.54, 1.807) is 0 Å². The van der Waals surface area contributed by atoms with Crippen molar-refractivity contribution in [3.05, 3.63) is 41.5 Å². The third kappa shape index (κ3) is 5.71. The molecule has 0 aliphatic carbocycles. The number of ether oxygens (including phenoxy) is 1. The highest BCUT2D eigenvalue weighted by Gasteiger charge is 2.07. The van der Waals surface area contributed by atoms with Crippen molar-refractivity contribution in [3.63, 3.8) is 0 Å². The molecule has 0 amide bonds. The summed E-state index contributed by atoms with van der Waals surface area (Å²) in [5.74, 6) is 1.99. The molecular weight excluding hydrogens is 292 g/mol. The third-order valence-electron chi connectivity index (χ3n) is 2.86. The SMILES string of the molecule is Cc1ccc(OCCN(C)Cc2noc(CN)n2)cc1.Cl. The number of nitrogens with zero attached hydrogens (tertiary/aromatic N) is 3. The van der Waals surface area contributed by atoms with E-state index in [1.807, 2.05) is 31.3 Å². The Bertz CT molecular complexity index is 530. The van der Waals surface area contributed by atoms with E-state index in [0.29, 0.717) is 24.9 Å². The fourth-order valence-corrected chi connectivity index (χ4v) is 1.71. The summed E-state index contributed by atoms with van der Waals surface area (Å²) >= 11 is 0. The van der Waals surface area contributed by atoms with Gasteiger partial charge in [-0.1, -0.05) is 22.9 Å². The van der Waals surface area contributed by atoms with E-state index in [0.717, 1.165) is 12.3 Å². The zero-order chi connectivity index (χ0) is 14.4. The molecule has 2 rings (SSSR count). The van der Waals surface area contributed by atoms with E-state index in [1.165, 1.54) is 5.56 Å². The van der Waals surface area contributed by atoms with Crippen molar-refractivity contribution < 1.29 is 9.26 Å². The van der Waals surface area contributed by atoms with Crippen LogP contribution < -0.4 is 10.5 Å². The molecule has 0 spiro atoms. The molecule has 0 fully saturated rings. The summed E-state index contributed by atoms with van der Waals surface area (Å²) < 4.78 is 10.6. The zero-order valence-electron chi connectivity index (χ0n) is 12.3. The van der Waals surface area contributed by atoms with Crippen LogP contribution in [0.25, 0.3) is 0 Å². The molecule has 0 atom stereocenters. The molecule has 0 radical (unpaired) electrons. The van der Waals surface area contributed by atoms with Crippen molar-refractivity contribution in [2.75, 3.05) is 20.2 Å². The number of hydrogen-bond acceptors (Lipinski definition) is 6. The predicted octanol–water partition coefficient (Wildman–Crippen LogP) is 1.77. The van der Waals surface area contributed by atoms with Gasteiger partial charge in [0, 0.05) is 6.54 Å². The molecule has 21 heavy (non-hydrogen) atoms. The minimum absolute atomic E-state index is 0. The van der Waals surface area contributed by atoms with E-state index in [4.69, 9.17) is 15.0 Å². The average molecular weight is 313 g/mol. The molecule has 2 N–H and O–H groups in total. The lowest BCUT2D eigenvalue weighted by Gasteiger charge is -2.14. The largest absolute Gasteiger partial charge is 0.492 e. The molecule has 0 unspecified atom stereocenters. The number of benzene rings is 1. The first-order chi connectivity index (χ1) is 9.67. The van der Waals surface area contributed by atoms with Crippen LogP contribution in [0.5, 0.6) is 5.75 Å². The number of aromatic nitrogens is 2. The van der Waals surface area contributed by atoms with Crippen molar-refractivity contribution in [1.82, 2.24) is 15.0 Å². The Kier molecular flexibility index (Phi) is 7.14. The highest BCUT2D eigenvalue weighted by atomic mass is 35.5. The molecule has 116 valence electrons. The van der Waals surface area contributed by atoms with Crippen LogP contribution in [0.15, 0.2) is 28.8 Å². The van der Waals surface area contributed by atoms with Gasteiger partial charge in [-0.05, 0) is 26.1 Å². The quantitative estimate of drug-likeness (QED) is 0.839.